The lowest BCUT2D eigenvalue weighted by atomic mass is 10.2. The molecule has 25 heavy (non-hydrogen) atoms. The van der Waals surface area contributed by atoms with Crippen LogP contribution in [0, 0.1) is 11.8 Å². The van der Waals surface area contributed by atoms with Crippen molar-refractivity contribution in [2.75, 3.05) is 6.61 Å². The van der Waals surface area contributed by atoms with E-state index in [9.17, 15) is 9.59 Å². The van der Waals surface area contributed by atoms with Gasteiger partial charge in [0, 0.05) is 5.92 Å². The van der Waals surface area contributed by atoms with Gasteiger partial charge >= 0.3 is 6.09 Å². The van der Waals surface area contributed by atoms with Crippen LogP contribution < -0.4 is 0 Å². The number of rotatable bonds is 3. The molecular weight excluding hydrogens is 381 g/mol. The highest BCUT2D eigenvalue weighted by atomic mass is 35.5. The van der Waals surface area contributed by atoms with Crippen molar-refractivity contribution in [3.63, 3.8) is 0 Å². The van der Waals surface area contributed by atoms with Crippen LogP contribution in [0.4, 0.5) is 4.79 Å². The van der Waals surface area contributed by atoms with Crippen molar-refractivity contribution in [1.82, 2.24) is 4.90 Å². The molecule has 2 aliphatic rings. The highest BCUT2D eigenvalue weighted by molar-refractivity contribution is 6.74. The second kappa shape index (κ2) is 6.11. The molecule has 0 aromatic carbocycles. The van der Waals surface area contributed by atoms with Gasteiger partial charge in [-0.25, -0.2) is 9.69 Å². The van der Waals surface area contributed by atoms with Crippen LogP contribution in [-0.4, -0.2) is 47.8 Å². The van der Waals surface area contributed by atoms with E-state index in [4.69, 9.17) is 32.4 Å². The minimum absolute atomic E-state index is 0.0222. The van der Waals surface area contributed by atoms with Crippen molar-refractivity contribution < 1.29 is 18.8 Å². The van der Waals surface area contributed by atoms with Gasteiger partial charge in [-0.15, -0.1) is 23.2 Å². The molecule has 5 nitrogen and oxygen atoms in total. The summed E-state index contributed by atoms with van der Waals surface area (Å²) in [4.78, 5) is 26.3. The Balaban J connectivity index is 2.19. The van der Waals surface area contributed by atoms with Crippen molar-refractivity contribution >= 4 is 43.5 Å². The summed E-state index contributed by atoms with van der Waals surface area (Å²) in [5.41, 5.74) is -0.687. The molecule has 0 aromatic heterocycles. The number of piperidine rings is 1. The predicted octanol–water partition coefficient (Wildman–Crippen LogP) is 4.57. The van der Waals surface area contributed by atoms with E-state index in [0.717, 1.165) is 4.90 Å². The van der Waals surface area contributed by atoms with Gasteiger partial charge in [0.1, 0.15) is 9.93 Å². The molecule has 0 unspecified atom stereocenters. The molecule has 2 amide bonds. The summed E-state index contributed by atoms with van der Waals surface area (Å²) in [5, 5.41) is 0.0222. The van der Waals surface area contributed by atoms with Gasteiger partial charge in [0.05, 0.1) is 18.6 Å². The van der Waals surface area contributed by atoms with Gasteiger partial charge < -0.3 is 9.16 Å². The fraction of sp³-hybridized carbons (Fsp3) is 0.882. The van der Waals surface area contributed by atoms with Crippen LogP contribution in [0.25, 0.3) is 0 Å². The Morgan fingerprint density at radius 2 is 1.72 bits per heavy atom. The van der Waals surface area contributed by atoms with Gasteiger partial charge in [-0.3, -0.25) is 4.79 Å². The van der Waals surface area contributed by atoms with Crippen molar-refractivity contribution in [3.8, 4) is 0 Å². The molecule has 2 fully saturated rings. The first-order valence-corrected chi connectivity index (χ1v) is 12.2. The minimum atomic E-state index is -2.04. The number of likely N-dealkylation sites (tertiary alicyclic amines) is 1. The van der Waals surface area contributed by atoms with Crippen LogP contribution in [0.5, 0.6) is 0 Å². The Bertz CT molecular complexity index is 580. The fourth-order valence-electron chi connectivity index (χ4n) is 2.85. The zero-order valence-electron chi connectivity index (χ0n) is 16.3. The van der Waals surface area contributed by atoms with Crippen LogP contribution in [0.1, 0.15) is 41.5 Å². The first kappa shape index (κ1) is 21.0. The Kier molecular flexibility index (Phi) is 5.13. The summed E-state index contributed by atoms with van der Waals surface area (Å²) in [5.74, 6) is -1.23. The van der Waals surface area contributed by atoms with Crippen LogP contribution in [0.3, 0.4) is 0 Å². The second-order valence-electron chi connectivity index (χ2n) is 9.51. The summed E-state index contributed by atoms with van der Waals surface area (Å²) >= 11 is 12.5. The third-order valence-corrected chi connectivity index (χ3v) is 10.8. The first-order valence-electron chi connectivity index (χ1n) is 8.58. The van der Waals surface area contributed by atoms with Gasteiger partial charge in [-0.2, -0.15) is 0 Å². The fourth-order valence-corrected chi connectivity index (χ4v) is 4.74. The van der Waals surface area contributed by atoms with Crippen LogP contribution >= 0.6 is 23.2 Å². The highest BCUT2D eigenvalue weighted by Crippen LogP contribution is 2.66. The molecule has 2 rings (SSSR count). The molecule has 1 saturated carbocycles. The number of hydrogen-bond acceptors (Lipinski definition) is 4. The molecule has 1 aliphatic heterocycles. The summed E-state index contributed by atoms with van der Waals surface area (Å²) in [6, 6.07) is -0.489. The summed E-state index contributed by atoms with van der Waals surface area (Å²) in [6.45, 7) is 16.2. The van der Waals surface area contributed by atoms with E-state index in [1.54, 1.807) is 20.8 Å². The number of halogens is 2. The largest absolute Gasteiger partial charge is 0.443 e. The number of imide groups is 1. The Hall–Kier alpha value is -0.303. The molecule has 0 bridgehead atoms. The molecule has 1 aliphatic carbocycles. The second-order valence-corrected chi connectivity index (χ2v) is 15.8. The maximum atomic E-state index is 12.6. The maximum Gasteiger partial charge on any atom is 0.417 e. The summed E-state index contributed by atoms with van der Waals surface area (Å²) < 4.78 is 10.5. The molecular formula is C17H29Cl2NO4Si. The molecule has 8 heteroatoms. The molecule has 1 heterocycles. The Labute approximate surface area is 161 Å². The third kappa shape index (κ3) is 3.87. The van der Waals surface area contributed by atoms with Crippen molar-refractivity contribution in [3.05, 3.63) is 0 Å². The zero-order valence-corrected chi connectivity index (χ0v) is 18.8. The highest BCUT2D eigenvalue weighted by Gasteiger charge is 2.77. The van der Waals surface area contributed by atoms with Crippen LogP contribution in [0.2, 0.25) is 18.1 Å². The average molecular weight is 410 g/mol. The number of ether oxygens (including phenoxy) is 1. The van der Waals surface area contributed by atoms with Crippen LogP contribution in [-0.2, 0) is 14.0 Å². The van der Waals surface area contributed by atoms with E-state index < -0.39 is 36.3 Å². The normalized spacial score (nSPS) is 28.8. The van der Waals surface area contributed by atoms with E-state index in [1.165, 1.54) is 0 Å². The number of carbonyl (C=O) groups is 2. The zero-order chi connectivity index (χ0) is 19.6. The third-order valence-electron chi connectivity index (χ3n) is 5.37. The van der Waals surface area contributed by atoms with E-state index in [1.807, 2.05) is 0 Å². The van der Waals surface area contributed by atoms with Gasteiger partial charge in [-0.1, -0.05) is 20.8 Å². The quantitative estimate of drug-likeness (QED) is 0.505. The SMILES string of the molecule is CC(C)(C)OC(=O)N1C(=O)[C@H]2[C@@H]([C@H]1CO[Si](C)(C)C(C)(C)C)C2(Cl)Cl. The van der Waals surface area contributed by atoms with Crippen LogP contribution in [0.15, 0.2) is 0 Å². The number of alkyl halides is 2. The molecule has 0 aromatic rings. The topological polar surface area (TPSA) is 55.8 Å². The van der Waals surface area contributed by atoms with Gasteiger partial charge in [0.25, 0.3) is 0 Å². The summed E-state index contributed by atoms with van der Waals surface area (Å²) in [7, 11) is -2.04. The van der Waals surface area contributed by atoms with Crippen molar-refractivity contribution in [2.45, 2.75) is 75.7 Å². The molecule has 0 N–H and O–H groups in total. The molecule has 3 atom stereocenters. The smallest absolute Gasteiger partial charge is 0.417 e. The monoisotopic (exact) mass is 409 g/mol. The van der Waals surface area contributed by atoms with Gasteiger partial charge in [0.2, 0.25) is 5.91 Å². The Morgan fingerprint density at radius 1 is 1.20 bits per heavy atom. The lowest BCUT2D eigenvalue weighted by Gasteiger charge is -2.38. The standard InChI is InChI=1S/C17H29Cl2NO4Si/c1-15(2,3)24-14(22)20-10(9-23-25(7,8)16(4,5)6)11-12(13(20)21)17(11,18)19/h10-12H,9H2,1-8H3/t10-,11-,12-/m1/s1. The lowest BCUT2D eigenvalue weighted by Crippen LogP contribution is -2.51. The molecule has 0 spiro atoms. The van der Waals surface area contributed by atoms with E-state index in [2.05, 4.69) is 33.9 Å². The minimum Gasteiger partial charge on any atom is -0.443 e. The first-order chi connectivity index (χ1) is 11.0. The Morgan fingerprint density at radius 3 is 2.16 bits per heavy atom. The lowest BCUT2D eigenvalue weighted by molar-refractivity contribution is -0.131. The number of carbonyl (C=O) groups excluding carboxylic acids is 2. The predicted molar refractivity (Wildman–Crippen MR) is 101 cm³/mol. The average Bonchev–Trinajstić information content (AvgIpc) is 2.78. The van der Waals surface area contributed by atoms with Gasteiger partial charge in [-0.05, 0) is 38.9 Å². The van der Waals surface area contributed by atoms with E-state index >= 15 is 0 Å². The van der Waals surface area contributed by atoms with E-state index in [0.29, 0.717) is 0 Å². The number of fused-ring (bicyclic) bond motifs is 1. The molecule has 1 saturated heterocycles. The number of nitrogens with zero attached hydrogens (tertiary/aromatic N) is 1. The molecule has 0 radical (unpaired) electrons. The molecule has 144 valence electrons. The number of hydrogen-bond donors (Lipinski definition) is 0. The van der Waals surface area contributed by atoms with Gasteiger partial charge in [0.15, 0.2) is 8.32 Å². The number of amides is 2. The maximum absolute atomic E-state index is 12.6. The van der Waals surface area contributed by atoms with Crippen molar-refractivity contribution in [1.29, 1.82) is 0 Å². The summed E-state index contributed by atoms with van der Waals surface area (Å²) in [6.07, 6.45) is -0.655. The van der Waals surface area contributed by atoms with E-state index in [-0.39, 0.29) is 23.5 Å². The van der Waals surface area contributed by atoms with Crippen molar-refractivity contribution in [2.24, 2.45) is 11.8 Å².